The second-order valence-electron chi connectivity index (χ2n) is 5.29. The Balaban J connectivity index is 1.76. The molecule has 1 fully saturated rings. The quantitative estimate of drug-likeness (QED) is 0.690. The number of anilines is 1. The van der Waals surface area contributed by atoms with Gasteiger partial charge in [0.25, 0.3) is 0 Å². The van der Waals surface area contributed by atoms with Crippen LogP contribution in [0.15, 0.2) is 48.5 Å². The Morgan fingerprint density at radius 2 is 1.95 bits per heavy atom. The molecule has 100 valence electrons. The lowest BCUT2D eigenvalue weighted by Crippen LogP contribution is -2.02. The first-order valence-electron chi connectivity index (χ1n) is 6.72. The molecule has 0 amide bonds. The molecule has 20 heavy (non-hydrogen) atoms. The molecule has 1 aromatic heterocycles. The zero-order chi connectivity index (χ0) is 13.7. The SMILES string of the molecule is Nc1nc2cc(I)ccc2n1C1CC1c1ccccc1. The molecule has 2 aromatic carbocycles. The molecule has 3 nitrogen and oxygen atoms in total. The van der Waals surface area contributed by atoms with Crippen LogP contribution in [0.3, 0.4) is 0 Å². The number of aromatic nitrogens is 2. The van der Waals surface area contributed by atoms with Crippen molar-refractivity contribution in [2.75, 3.05) is 5.73 Å². The minimum absolute atomic E-state index is 0.447. The van der Waals surface area contributed by atoms with Crippen LogP contribution in [0.5, 0.6) is 0 Å². The van der Waals surface area contributed by atoms with Crippen LogP contribution in [0.1, 0.15) is 23.9 Å². The van der Waals surface area contributed by atoms with Crippen LogP contribution in [-0.4, -0.2) is 9.55 Å². The molecule has 0 bridgehead atoms. The third-order valence-electron chi connectivity index (χ3n) is 3.99. The van der Waals surface area contributed by atoms with E-state index in [1.165, 1.54) is 9.13 Å². The molecular weight excluding hydrogens is 361 g/mol. The molecule has 0 spiro atoms. The van der Waals surface area contributed by atoms with E-state index in [-0.39, 0.29) is 0 Å². The maximum absolute atomic E-state index is 6.13. The van der Waals surface area contributed by atoms with Crippen LogP contribution in [-0.2, 0) is 0 Å². The van der Waals surface area contributed by atoms with Gasteiger partial charge >= 0.3 is 0 Å². The Morgan fingerprint density at radius 1 is 1.15 bits per heavy atom. The summed E-state index contributed by atoms with van der Waals surface area (Å²) in [5, 5.41) is 0. The summed E-state index contributed by atoms with van der Waals surface area (Å²) < 4.78 is 3.39. The lowest BCUT2D eigenvalue weighted by molar-refractivity contribution is 0.751. The number of rotatable bonds is 2. The third-order valence-corrected chi connectivity index (χ3v) is 4.67. The zero-order valence-corrected chi connectivity index (χ0v) is 13.0. The Bertz CT molecular complexity index is 779. The van der Waals surface area contributed by atoms with Gasteiger partial charge in [0, 0.05) is 15.5 Å². The first-order chi connectivity index (χ1) is 9.74. The highest BCUT2D eigenvalue weighted by atomic mass is 127. The normalized spacial score (nSPS) is 21.2. The maximum atomic E-state index is 6.13. The van der Waals surface area contributed by atoms with Crippen molar-refractivity contribution < 1.29 is 0 Å². The molecule has 0 saturated heterocycles. The van der Waals surface area contributed by atoms with E-state index in [1.54, 1.807) is 0 Å². The molecule has 0 radical (unpaired) electrons. The van der Waals surface area contributed by atoms with E-state index in [1.807, 2.05) is 0 Å². The second kappa shape index (κ2) is 4.48. The van der Waals surface area contributed by atoms with Crippen molar-refractivity contribution in [2.45, 2.75) is 18.4 Å². The third kappa shape index (κ3) is 1.90. The van der Waals surface area contributed by atoms with Gasteiger partial charge in [0.2, 0.25) is 5.95 Å². The predicted octanol–water partition coefficient (Wildman–Crippen LogP) is 3.95. The Kier molecular flexibility index (Phi) is 2.73. The van der Waals surface area contributed by atoms with Gasteiger partial charge in [0.1, 0.15) is 0 Å². The van der Waals surface area contributed by atoms with Crippen LogP contribution >= 0.6 is 22.6 Å². The van der Waals surface area contributed by atoms with E-state index >= 15 is 0 Å². The molecule has 2 N–H and O–H groups in total. The average Bonchev–Trinajstić information content (AvgIpc) is 3.16. The molecule has 1 aliphatic rings. The summed E-state index contributed by atoms with van der Waals surface area (Å²) in [4.78, 5) is 4.50. The molecule has 1 aliphatic carbocycles. The first-order valence-corrected chi connectivity index (χ1v) is 7.80. The lowest BCUT2D eigenvalue weighted by atomic mass is 10.1. The van der Waals surface area contributed by atoms with Gasteiger partial charge in [-0.25, -0.2) is 4.98 Å². The highest BCUT2D eigenvalue weighted by molar-refractivity contribution is 14.1. The Hall–Kier alpha value is -1.56. The van der Waals surface area contributed by atoms with Crippen molar-refractivity contribution in [3.8, 4) is 0 Å². The van der Waals surface area contributed by atoms with E-state index in [4.69, 9.17) is 5.73 Å². The summed E-state index contributed by atoms with van der Waals surface area (Å²) in [5.74, 6) is 1.20. The van der Waals surface area contributed by atoms with Crippen molar-refractivity contribution in [3.05, 3.63) is 57.7 Å². The van der Waals surface area contributed by atoms with Crippen LogP contribution in [0.4, 0.5) is 5.95 Å². The number of fused-ring (bicyclic) bond motifs is 1. The number of benzene rings is 2. The highest BCUT2D eigenvalue weighted by Crippen LogP contribution is 2.53. The van der Waals surface area contributed by atoms with Crippen LogP contribution in [0.25, 0.3) is 11.0 Å². The summed E-state index contributed by atoms with van der Waals surface area (Å²) in [6, 6.07) is 17.4. The largest absolute Gasteiger partial charge is 0.369 e. The van der Waals surface area contributed by atoms with Crippen molar-refractivity contribution in [1.29, 1.82) is 0 Å². The van der Waals surface area contributed by atoms with Gasteiger partial charge in [-0.05, 0) is 52.8 Å². The molecule has 2 unspecified atom stereocenters. The zero-order valence-electron chi connectivity index (χ0n) is 10.8. The smallest absolute Gasteiger partial charge is 0.201 e. The molecule has 4 rings (SSSR count). The molecule has 0 aliphatic heterocycles. The van der Waals surface area contributed by atoms with Crippen molar-refractivity contribution in [1.82, 2.24) is 9.55 Å². The van der Waals surface area contributed by atoms with E-state index in [0.717, 1.165) is 17.5 Å². The van der Waals surface area contributed by atoms with E-state index in [9.17, 15) is 0 Å². The van der Waals surface area contributed by atoms with Gasteiger partial charge in [0.15, 0.2) is 0 Å². The number of hydrogen-bond donors (Lipinski definition) is 1. The topological polar surface area (TPSA) is 43.8 Å². The maximum Gasteiger partial charge on any atom is 0.201 e. The first kappa shape index (κ1) is 12.2. The second-order valence-corrected chi connectivity index (χ2v) is 6.54. The summed E-state index contributed by atoms with van der Waals surface area (Å²) in [5.41, 5.74) is 9.67. The fourth-order valence-electron chi connectivity index (χ4n) is 2.96. The molecule has 1 saturated carbocycles. The minimum Gasteiger partial charge on any atom is -0.369 e. The highest BCUT2D eigenvalue weighted by Gasteiger charge is 2.41. The van der Waals surface area contributed by atoms with Gasteiger partial charge in [-0.3, -0.25) is 0 Å². The van der Waals surface area contributed by atoms with Crippen LogP contribution < -0.4 is 5.73 Å². The fraction of sp³-hybridized carbons (Fsp3) is 0.188. The van der Waals surface area contributed by atoms with Gasteiger partial charge in [0.05, 0.1) is 11.0 Å². The van der Waals surface area contributed by atoms with Gasteiger partial charge in [-0.15, -0.1) is 0 Å². The Morgan fingerprint density at radius 3 is 2.75 bits per heavy atom. The average molecular weight is 375 g/mol. The summed E-state index contributed by atoms with van der Waals surface area (Å²) in [6.45, 7) is 0. The van der Waals surface area contributed by atoms with E-state index < -0.39 is 0 Å². The standard InChI is InChI=1S/C16H14IN3/c17-11-6-7-14-13(8-11)19-16(18)20(14)15-9-12(15)10-4-2-1-3-5-10/h1-8,12,15H,9H2,(H2,18,19). The van der Waals surface area contributed by atoms with Crippen LogP contribution in [0, 0.1) is 3.57 Å². The molecule has 3 aromatic rings. The number of hydrogen-bond acceptors (Lipinski definition) is 2. The van der Waals surface area contributed by atoms with Crippen LogP contribution in [0.2, 0.25) is 0 Å². The minimum atomic E-state index is 0.447. The monoisotopic (exact) mass is 375 g/mol. The Labute approximate surface area is 130 Å². The summed E-state index contributed by atoms with van der Waals surface area (Å²) in [7, 11) is 0. The van der Waals surface area contributed by atoms with Gasteiger partial charge < -0.3 is 10.3 Å². The van der Waals surface area contributed by atoms with Crippen molar-refractivity contribution in [3.63, 3.8) is 0 Å². The lowest BCUT2D eigenvalue weighted by Gasteiger charge is -2.06. The molecule has 4 heteroatoms. The molecule has 1 heterocycles. The van der Waals surface area contributed by atoms with E-state index in [0.29, 0.717) is 17.9 Å². The number of nitrogen functional groups attached to an aromatic ring is 1. The summed E-state index contributed by atoms with van der Waals surface area (Å²) in [6.07, 6.45) is 1.14. The van der Waals surface area contributed by atoms with E-state index in [2.05, 4.69) is 80.7 Å². The number of nitrogens with two attached hydrogens (primary N) is 1. The van der Waals surface area contributed by atoms with Gasteiger partial charge in [-0.2, -0.15) is 0 Å². The number of halogens is 1. The number of nitrogens with zero attached hydrogens (tertiary/aromatic N) is 2. The fourth-order valence-corrected chi connectivity index (χ4v) is 3.44. The summed E-state index contributed by atoms with van der Waals surface area (Å²) >= 11 is 2.31. The molecule has 2 atom stereocenters. The predicted molar refractivity (Wildman–Crippen MR) is 89.7 cm³/mol. The van der Waals surface area contributed by atoms with Crippen molar-refractivity contribution >= 4 is 39.6 Å². The van der Waals surface area contributed by atoms with Crippen molar-refractivity contribution in [2.24, 2.45) is 0 Å². The number of imidazole rings is 1. The molecular formula is C16H14IN3. The van der Waals surface area contributed by atoms with Gasteiger partial charge in [-0.1, -0.05) is 30.3 Å².